The van der Waals surface area contributed by atoms with E-state index in [-0.39, 0.29) is 0 Å². The van der Waals surface area contributed by atoms with Gasteiger partial charge in [-0.3, -0.25) is 0 Å². The summed E-state index contributed by atoms with van der Waals surface area (Å²) in [5, 5.41) is 4.37. The number of hydrogen-bond donors (Lipinski definition) is 1. The van der Waals surface area contributed by atoms with Crippen molar-refractivity contribution in [1.82, 2.24) is 4.90 Å². The van der Waals surface area contributed by atoms with E-state index in [1.54, 1.807) is 0 Å². The molecule has 110 valence electrons. The third kappa shape index (κ3) is 3.51. The highest BCUT2D eigenvalue weighted by atomic mass is 32.1. The third-order valence-corrected chi connectivity index (χ3v) is 4.67. The largest absolute Gasteiger partial charge is 0.346 e. The van der Waals surface area contributed by atoms with Crippen LogP contribution in [-0.4, -0.2) is 22.6 Å². The van der Waals surface area contributed by atoms with Crippen molar-refractivity contribution in [3.05, 3.63) is 29.3 Å². The first-order chi connectivity index (χ1) is 9.63. The van der Waals surface area contributed by atoms with E-state index in [2.05, 4.69) is 49.2 Å². The van der Waals surface area contributed by atoms with E-state index >= 15 is 0 Å². The molecule has 0 heterocycles. The van der Waals surface area contributed by atoms with Crippen molar-refractivity contribution < 1.29 is 0 Å². The monoisotopic (exact) mass is 290 g/mol. The average molecular weight is 290 g/mol. The van der Waals surface area contributed by atoms with Crippen LogP contribution in [0.1, 0.15) is 50.2 Å². The standard InChI is InChI=1S/C17H26N2S/c1-4-19(15-11-6-5-7-12-15)17(20)18-16-13(2)9-8-10-14(16)3/h8-10,15H,4-7,11-12H2,1-3H3,(H,18,20). The van der Waals surface area contributed by atoms with Crippen LogP contribution >= 0.6 is 12.2 Å². The molecular weight excluding hydrogens is 264 g/mol. The fourth-order valence-corrected chi connectivity index (χ4v) is 3.53. The molecule has 2 rings (SSSR count). The summed E-state index contributed by atoms with van der Waals surface area (Å²) in [7, 11) is 0. The van der Waals surface area contributed by atoms with E-state index < -0.39 is 0 Å². The first-order valence-corrected chi connectivity index (χ1v) is 8.18. The molecule has 0 aromatic heterocycles. The molecule has 0 atom stereocenters. The molecule has 1 saturated carbocycles. The van der Waals surface area contributed by atoms with E-state index in [1.807, 2.05) is 0 Å². The molecule has 1 aromatic rings. The van der Waals surface area contributed by atoms with Gasteiger partial charge in [-0.15, -0.1) is 0 Å². The number of rotatable bonds is 3. The summed E-state index contributed by atoms with van der Waals surface area (Å²) in [6.45, 7) is 7.46. The molecule has 0 aliphatic heterocycles. The number of nitrogens with one attached hydrogen (secondary N) is 1. The predicted molar refractivity (Wildman–Crippen MR) is 91.4 cm³/mol. The minimum atomic E-state index is 0.623. The zero-order chi connectivity index (χ0) is 14.5. The highest BCUT2D eigenvalue weighted by Crippen LogP contribution is 2.25. The quantitative estimate of drug-likeness (QED) is 0.815. The highest BCUT2D eigenvalue weighted by Gasteiger charge is 2.22. The van der Waals surface area contributed by atoms with Crippen molar-refractivity contribution in [3.8, 4) is 0 Å². The molecule has 0 bridgehead atoms. The van der Waals surface area contributed by atoms with E-state index in [9.17, 15) is 0 Å². The van der Waals surface area contributed by atoms with Gasteiger partial charge < -0.3 is 10.2 Å². The summed E-state index contributed by atoms with van der Waals surface area (Å²) >= 11 is 5.67. The number of aryl methyl sites for hydroxylation is 2. The number of anilines is 1. The molecule has 1 aliphatic rings. The smallest absolute Gasteiger partial charge is 0.173 e. The number of para-hydroxylation sites is 1. The van der Waals surface area contributed by atoms with E-state index in [4.69, 9.17) is 12.2 Å². The van der Waals surface area contributed by atoms with Gasteiger partial charge in [0.1, 0.15) is 0 Å². The van der Waals surface area contributed by atoms with E-state index in [1.165, 1.54) is 48.9 Å². The van der Waals surface area contributed by atoms with Crippen molar-refractivity contribution in [2.24, 2.45) is 0 Å². The summed E-state index contributed by atoms with van der Waals surface area (Å²) in [4.78, 5) is 2.38. The van der Waals surface area contributed by atoms with Crippen molar-refractivity contribution in [3.63, 3.8) is 0 Å². The Morgan fingerprint density at radius 2 is 1.80 bits per heavy atom. The van der Waals surface area contributed by atoms with Gasteiger partial charge in [-0.05, 0) is 57.0 Å². The Hall–Kier alpha value is -1.09. The van der Waals surface area contributed by atoms with Crippen LogP contribution in [0, 0.1) is 13.8 Å². The van der Waals surface area contributed by atoms with Gasteiger partial charge in [0.15, 0.2) is 5.11 Å². The first kappa shape index (κ1) is 15.3. The third-order valence-electron chi connectivity index (χ3n) is 4.33. The minimum absolute atomic E-state index is 0.623. The highest BCUT2D eigenvalue weighted by molar-refractivity contribution is 7.80. The lowest BCUT2D eigenvalue weighted by molar-refractivity contribution is 0.255. The van der Waals surface area contributed by atoms with Crippen molar-refractivity contribution in [1.29, 1.82) is 0 Å². The predicted octanol–water partition coefficient (Wildman–Crippen LogP) is 4.65. The molecule has 0 radical (unpaired) electrons. The molecule has 0 amide bonds. The Labute approximate surface area is 128 Å². The van der Waals surface area contributed by atoms with E-state index in [0.717, 1.165) is 11.7 Å². The van der Waals surface area contributed by atoms with Crippen LogP contribution in [0.4, 0.5) is 5.69 Å². The Bertz CT molecular complexity index is 444. The van der Waals surface area contributed by atoms with Crippen molar-refractivity contribution >= 4 is 23.0 Å². The summed E-state index contributed by atoms with van der Waals surface area (Å²) in [6.07, 6.45) is 6.62. The fraction of sp³-hybridized carbons (Fsp3) is 0.588. The summed E-state index contributed by atoms with van der Waals surface area (Å²) < 4.78 is 0. The Morgan fingerprint density at radius 3 is 2.35 bits per heavy atom. The summed E-state index contributed by atoms with van der Waals surface area (Å²) in [6, 6.07) is 6.99. The number of nitrogens with zero attached hydrogens (tertiary/aromatic N) is 1. The molecule has 1 aromatic carbocycles. The van der Waals surface area contributed by atoms with Gasteiger partial charge in [0.05, 0.1) is 0 Å². The van der Waals surface area contributed by atoms with Gasteiger partial charge in [0.2, 0.25) is 0 Å². The molecule has 2 nitrogen and oxygen atoms in total. The topological polar surface area (TPSA) is 15.3 Å². The lowest BCUT2D eigenvalue weighted by Gasteiger charge is -2.36. The van der Waals surface area contributed by atoms with Gasteiger partial charge in [-0.25, -0.2) is 0 Å². The number of hydrogen-bond acceptors (Lipinski definition) is 1. The fourth-order valence-electron chi connectivity index (χ4n) is 3.15. The Morgan fingerprint density at radius 1 is 1.20 bits per heavy atom. The zero-order valence-corrected chi connectivity index (χ0v) is 13.7. The van der Waals surface area contributed by atoms with Gasteiger partial charge in [-0.2, -0.15) is 0 Å². The van der Waals surface area contributed by atoms with Gasteiger partial charge in [0, 0.05) is 18.3 Å². The van der Waals surface area contributed by atoms with Crippen LogP contribution in [0.3, 0.4) is 0 Å². The van der Waals surface area contributed by atoms with Gasteiger partial charge in [0.25, 0.3) is 0 Å². The van der Waals surface area contributed by atoms with Crippen LogP contribution in [0.2, 0.25) is 0 Å². The molecule has 20 heavy (non-hydrogen) atoms. The van der Waals surface area contributed by atoms with Crippen molar-refractivity contribution in [2.75, 3.05) is 11.9 Å². The maximum atomic E-state index is 5.67. The molecule has 3 heteroatoms. The maximum absolute atomic E-state index is 5.67. The molecule has 1 fully saturated rings. The van der Waals surface area contributed by atoms with Crippen LogP contribution in [0.15, 0.2) is 18.2 Å². The zero-order valence-electron chi connectivity index (χ0n) is 12.9. The second-order valence-electron chi connectivity index (χ2n) is 5.77. The molecule has 0 unspecified atom stereocenters. The van der Waals surface area contributed by atoms with Crippen LogP contribution < -0.4 is 5.32 Å². The first-order valence-electron chi connectivity index (χ1n) is 7.77. The maximum Gasteiger partial charge on any atom is 0.173 e. The second-order valence-corrected chi connectivity index (χ2v) is 6.16. The summed E-state index contributed by atoms with van der Waals surface area (Å²) in [5.41, 5.74) is 3.69. The second kappa shape index (κ2) is 7.07. The van der Waals surface area contributed by atoms with Crippen LogP contribution in [0.25, 0.3) is 0 Å². The average Bonchev–Trinajstić information content (AvgIpc) is 2.45. The van der Waals surface area contributed by atoms with Crippen LogP contribution in [-0.2, 0) is 0 Å². The minimum Gasteiger partial charge on any atom is -0.346 e. The number of benzene rings is 1. The Kier molecular flexibility index (Phi) is 5.41. The SMILES string of the molecule is CCN(C(=S)Nc1c(C)cccc1C)C1CCCCC1. The van der Waals surface area contributed by atoms with Crippen LogP contribution in [0.5, 0.6) is 0 Å². The molecule has 0 spiro atoms. The molecular formula is C17H26N2S. The Balaban J connectivity index is 2.09. The van der Waals surface area contributed by atoms with E-state index in [0.29, 0.717) is 6.04 Å². The molecule has 0 saturated heterocycles. The van der Waals surface area contributed by atoms with Gasteiger partial charge >= 0.3 is 0 Å². The lowest BCUT2D eigenvalue weighted by Crippen LogP contribution is -2.43. The molecule has 1 aliphatic carbocycles. The lowest BCUT2D eigenvalue weighted by atomic mass is 9.94. The molecule has 1 N–H and O–H groups in total. The van der Waals surface area contributed by atoms with Crippen molar-refractivity contribution in [2.45, 2.75) is 58.9 Å². The summed E-state index contributed by atoms with van der Waals surface area (Å²) in [5.74, 6) is 0. The normalized spacial score (nSPS) is 15.9. The van der Waals surface area contributed by atoms with Gasteiger partial charge in [-0.1, -0.05) is 37.5 Å². The number of thiocarbonyl (C=S) groups is 1.